The molecule has 1 unspecified atom stereocenters. The Hall–Kier alpha value is -3.37. The van der Waals surface area contributed by atoms with Crippen molar-refractivity contribution in [2.24, 2.45) is 0 Å². The molecule has 0 bridgehead atoms. The lowest BCUT2D eigenvalue weighted by molar-refractivity contribution is -0.129. The van der Waals surface area contributed by atoms with Gasteiger partial charge in [0.2, 0.25) is 5.91 Å². The Balaban J connectivity index is 1.32. The van der Waals surface area contributed by atoms with Gasteiger partial charge in [-0.2, -0.15) is 0 Å². The fourth-order valence-corrected chi connectivity index (χ4v) is 5.82. The van der Waals surface area contributed by atoms with Crippen molar-refractivity contribution >= 4 is 81.0 Å². The number of hydrogen-bond acceptors (Lipinski definition) is 7. The first-order valence-corrected chi connectivity index (χ1v) is 13.7. The molecule has 0 aliphatic carbocycles. The normalized spacial score (nSPS) is 18.4. The lowest BCUT2D eigenvalue weighted by Gasteiger charge is -2.21. The van der Waals surface area contributed by atoms with Crippen LogP contribution in [0.25, 0.3) is 6.08 Å². The van der Waals surface area contributed by atoms with Crippen molar-refractivity contribution in [3.8, 4) is 11.5 Å². The van der Waals surface area contributed by atoms with Crippen molar-refractivity contribution in [2.45, 2.75) is 19.1 Å². The molecule has 0 spiro atoms. The first kappa shape index (κ1) is 27.2. The number of thiocarbonyl (C=S) groups is 1. The van der Waals surface area contributed by atoms with Crippen molar-refractivity contribution in [1.29, 1.82) is 0 Å². The zero-order chi connectivity index (χ0) is 27.7. The number of carbonyl (C=O) groups excluding carboxylic acids is 3. The molecule has 2 aliphatic rings. The van der Waals surface area contributed by atoms with E-state index in [0.717, 1.165) is 22.2 Å². The van der Waals surface area contributed by atoms with E-state index < -0.39 is 23.8 Å². The summed E-state index contributed by atoms with van der Waals surface area (Å²) in [7, 11) is 1.53. The largest absolute Gasteiger partial charge is 0.493 e. The molecule has 3 aromatic rings. The fraction of sp³-hybridized carbons (Fsp3) is 0.143. The van der Waals surface area contributed by atoms with Crippen molar-refractivity contribution in [3.05, 3.63) is 92.8 Å². The minimum Gasteiger partial charge on any atom is -0.493 e. The van der Waals surface area contributed by atoms with Gasteiger partial charge in [-0.1, -0.05) is 65.4 Å². The molecule has 3 amide bonds. The smallest absolute Gasteiger partial charge is 0.266 e. The van der Waals surface area contributed by atoms with Crippen molar-refractivity contribution < 1.29 is 23.9 Å². The second kappa shape index (κ2) is 11.4. The Kier molecular flexibility index (Phi) is 7.95. The van der Waals surface area contributed by atoms with Gasteiger partial charge in [0.25, 0.3) is 11.8 Å². The van der Waals surface area contributed by atoms with Gasteiger partial charge in [-0.05, 0) is 65.7 Å². The number of halogens is 2. The highest BCUT2D eigenvalue weighted by molar-refractivity contribution is 8.26. The summed E-state index contributed by atoms with van der Waals surface area (Å²) in [6.45, 7) is 0.326. The minimum atomic E-state index is -1.01. The third-order valence-electron chi connectivity index (χ3n) is 6.14. The van der Waals surface area contributed by atoms with Crippen molar-refractivity contribution in [3.63, 3.8) is 0 Å². The number of amides is 3. The van der Waals surface area contributed by atoms with Crippen LogP contribution in [0.2, 0.25) is 10.0 Å². The lowest BCUT2D eigenvalue weighted by Crippen LogP contribution is -2.44. The highest BCUT2D eigenvalue weighted by atomic mass is 35.5. The molecule has 2 aliphatic heterocycles. The maximum Gasteiger partial charge on any atom is 0.266 e. The summed E-state index contributed by atoms with van der Waals surface area (Å²) in [5.74, 6) is -0.331. The van der Waals surface area contributed by atoms with Gasteiger partial charge in [-0.3, -0.25) is 19.3 Å². The third-order valence-corrected chi connectivity index (χ3v) is 7.97. The molecule has 1 atom stereocenters. The van der Waals surface area contributed by atoms with Gasteiger partial charge < -0.3 is 9.47 Å². The molecule has 0 N–H and O–H groups in total. The zero-order valence-corrected chi connectivity index (χ0v) is 23.6. The summed E-state index contributed by atoms with van der Waals surface area (Å²) in [6, 6.07) is 18.0. The number of anilines is 1. The highest BCUT2D eigenvalue weighted by Crippen LogP contribution is 2.38. The van der Waals surface area contributed by atoms with Gasteiger partial charge in [0.1, 0.15) is 17.0 Å². The average molecular weight is 600 g/mol. The third kappa shape index (κ3) is 5.67. The number of nitrogens with zero attached hydrogens (tertiary/aromatic N) is 2. The number of carbonyl (C=O) groups is 3. The lowest BCUT2D eigenvalue weighted by atomic mass is 10.1. The SMILES string of the molecule is COc1cc(/C=C2\SC(=S)N(C3CC(=O)N(c4ccc(Cl)cc4)C3=O)C2=O)ccc1OCc1ccc(Cl)cc1. The minimum absolute atomic E-state index is 0.158. The Morgan fingerprint density at radius 2 is 1.64 bits per heavy atom. The Labute approximate surface area is 244 Å². The molecule has 0 radical (unpaired) electrons. The maximum atomic E-state index is 13.3. The number of rotatable bonds is 7. The van der Waals surface area contributed by atoms with Crippen molar-refractivity contribution in [1.82, 2.24) is 4.90 Å². The fourth-order valence-electron chi connectivity index (χ4n) is 4.21. The van der Waals surface area contributed by atoms with Gasteiger partial charge in [0.15, 0.2) is 11.5 Å². The van der Waals surface area contributed by atoms with Crippen LogP contribution >= 0.6 is 47.2 Å². The Morgan fingerprint density at radius 3 is 2.31 bits per heavy atom. The van der Waals surface area contributed by atoms with E-state index in [4.69, 9.17) is 44.9 Å². The molecule has 2 fully saturated rings. The van der Waals surface area contributed by atoms with Gasteiger partial charge in [-0.15, -0.1) is 0 Å². The molecular formula is C28H20Cl2N2O5S2. The highest BCUT2D eigenvalue weighted by Gasteiger charge is 2.48. The van der Waals surface area contributed by atoms with E-state index in [9.17, 15) is 14.4 Å². The van der Waals surface area contributed by atoms with Crippen LogP contribution in [0, 0.1) is 0 Å². The van der Waals surface area contributed by atoms with E-state index in [2.05, 4.69) is 0 Å². The van der Waals surface area contributed by atoms with Crippen LogP contribution in [0.1, 0.15) is 17.5 Å². The average Bonchev–Trinajstić information content (AvgIpc) is 3.37. The topological polar surface area (TPSA) is 76.2 Å². The summed E-state index contributed by atoms with van der Waals surface area (Å²) in [4.78, 5) is 41.9. The predicted octanol–water partition coefficient (Wildman–Crippen LogP) is 6.11. The second-order valence-electron chi connectivity index (χ2n) is 8.64. The second-order valence-corrected chi connectivity index (χ2v) is 11.2. The zero-order valence-electron chi connectivity index (χ0n) is 20.4. The Morgan fingerprint density at radius 1 is 0.974 bits per heavy atom. The van der Waals surface area contributed by atoms with E-state index in [1.54, 1.807) is 60.7 Å². The van der Waals surface area contributed by atoms with Crippen LogP contribution in [0.5, 0.6) is 11.5 Å². The number of hydrogen-bond donors (Lipinski definition) is 0. The summed E-state index contributed by atoms with van der Waals surface area (Å²) in [5, 5.41) is 1.13. The molecule has 198 valence electrons. The van der Waals surface area contributed by atoms with Crippen LogP contribution < -0.4 is 14.4 Å². The number of imide groups is 1. The molecule has 3 aromatic carbocycles. The molecule has 39 heavy (non-hydrogen) atoms. The maximum absolute atomic E-state index is 13.3. The molecule has 11 heteroatoms. The first-order valence-electron chi connectivity index (χ1n) is 11.7. The standard InChI is InChI=1S/C28H20Cl2N2O5S2/c1-36-23-12-17(4-11-22(23)37-15-16-2-5-18(29)6-3-16)13-24-27(35)32(28(38)39-24)21-14-25(33)31(26(21)34)20-9-7-19(30)8-10-20/h2-13,21H,14-15H2,1H3/b24-13-. The molecular weight excluding hydrogens is 579 g/mol. The van der Waals surface area contributed by atoms with Gasteiger partial charge >= 0.3 is 0 Å². The van der Waals surface area contributed by atoms with Crippen LogP contribution in [0.15, 0.2) is 71.6 Å². The molecule has 7 nitrogen and oxygen atoms in total. The van der Waals surface area contributed by atoms with Gasteiger partial charge in [0.05, 0.1) is 24.1 Å². The van der Waals surface area contributed by atoms with E-state index >= 15 is 0 Å². The summed E-state index contributed by atoms with van der Waals surface area (Å²) in [6.07, 6.45) is 1.51. The molecule has 5 rings (SSSR count). The van der Waals surface area contributed by atoms with Crippen LogP contribution in [0.4, 0.5) is 5.69 Å². The summed E-state index contributed by atoms with van der Waals surface area (Å²) < 4.78 is 11.6. The predicted molar refractivity (Wildman–Crippen MR) is 156 cm³/mol. The number of thioether (sulfide) groups is 1. The van der Waals surface area contributed by atoms with Gasteiger partial charge in [-0.25, -0.2) is 4.90 Å². The first-order chi connectivity index (χ1) is 18.7. The molecule has 0 aromatic heterocycles. The van der Waals surface area contributed by atoms with Crippen LogP contribution in [0.3, 0.4) is 0 Å². The van der Waals surface area contributed by atoms with Gasteiger partial charge in [0, 0.05) is 10.0 Å². The number of benzene rings is 3. The van der Waals surface area contributed by atoms with Crippen LogP contribution in [-0.2, 0) is 21.0 Å². The van der Waals surface area contributed by atoms with E-state index in [-0.39, 0.29) is 10.7 Å². The monoisotopic (exact) mass is 598 g/mol. The number of methoxy groups -OCH3 is 1. The number of ether oxygens (including phenoxy) is 2. The summed E-state index contributed by atoms with van der Waals surface area (Å²) >= 11 is 18.4. The van der Waals surface area contributed by atoms with E-state index in [0.29, 0.717) is 44.3 Å². The quantitative estimate of drug-likeness (QED) is 0.184. The molecule has 2 heterocycles. The Bertz CT molecular complexity index is 1510. The van der Waals surface area contributed by atoms with Crippen molar-refractivity contribution in [2.75, 3.05) is 12.0 Å². The van der Waals surface area contributed by atoms with E-state index in [1.165, 1.54) is 12.0 Å². The molecule has 0 saturated carbocycles. The van der Waals surface area contributed by atoms with E-state index in [1.807, 2.05) is 12.1 Å². The molecule has 2 saturated heterocycles. The van der Waals surface area contributed by atoms with Crippen LogP contribution in [-0.4, -0.2) is 40.1 Å². The summed E-state index contributed by atoms with van der Waals surface area (Å²) in [5.41, 5.74) is 2.02.